The third-order valence-corrected chi connectivity index (χ3v) is 3.55. The molecule has 108 valence electrons. The van der Waals surface area contributed by atoms with Gasteiger partial charge in [0, 0.05) is 51.8 Å². The molecular formula is C14H25N3O2. The molecule has 0 aliphatic carbocycles. The Balaban J connectivity index is 1.75. The average molecular weight is 267 g/mol. The molecule has 0 amide bonds. The Morgan fingerprint density at radius 2 is 1.95 bits per heavy atom. The van der Waals surface area contributed by atoms with Gasteiger partial charge in [-0.2, -0.15) is 0 Å². The Bertz CT molecular complexity index is 371. The van der Waals surface area contributed by atoms with Gasteiger partial charge in [0.2, 0.25) is 0 Å². The van der Waals surface area contributed by atoms with Crippen LogP contribution in [0.1, 0.15) is 37.8 Å². The molecule has 2 heterocycles. The molecule has 0 saturated carbocycles. The normalized spacial score (nSPS) is 18.3. The minimum absolute atomic E-state index is 0.289. The maximum atomic E-state index is 8.84. The van der Waals surface area contributed by atoms with Crippen molar-refractivity contribution in [3.63, 3.8) is 0 Å². The van der Waals surface area contributed by atoms with Crippen LogP contribution in [-0.4, -0.2) is 59.2 Å². The third kappa shape index (κ3) is 4.30. The summed E-state index contributed by atoms with van der Waals surface area (Å²) in [4.78, 5) is 9.34. The molecule has 2 rings (SSSR count). The van der Waals surface area contributed by atoms with Gasteiger partial charge in [-0.1, -0.05) is 13.8 Å². The van der Waals surface area contributed by atoms with Gasteiger partial charge >= 0.3 is 0 Å². The summed E-state index contributed by atoms with van der Waals surface area (Å²) in [5.74, 6) is 1.18. The summed E-state index contributed by atoms with van der Waals surface area (Å²) in [5.41, 5.74) is 1.03. The number of aromatic nitrogens is 1. The first-order valence-electron chi connectivity index (χ1n) is 7.19. The molecule has 0 radical (unpaired) electrons. The summed E-state index contributed by atoms with van der Waals surface area (Å²) in [6.07, 6.45) is 2.66. The Morgan fingerprint density at radius 3 is 2.53 bits per heavy atom. The second-order valence-corrected chi connectivity index (χ2v) is 5.53. The number of piperazine rings is 1. The summed E-state index contributed by atoms with van der Waals surface area (Å²) in [6, 6.07) is 0. The molecule has 0 spiro atoms. The molecule has 0 bridgehead atoms. The van der Waals surface area contributed by atoms with E-state index in [1.807, 2.05) is 0 Å². The lowest BCUT2D eigenvalue weighted by Crippen LogP contribution is -2.46. The van der Waals surface area contributed by atoms with Crippen LogP contribution < -0.4 is 0 Å². The lowest BCUT2D eigenvalue weighted by molar-refractivity contribution is 0.119. The molecule has 1 aromatic heterocycles. The maximum absolute atomic E-state index is 8.84. The van der Waals surface area contributed by atoms with Crippen molar-refractivity contribution in [1.29, 1.82) is 0 Å². The Hall–Kier alpha value is -0.910. The molecule has 5 nitrogen and oxygen atoms in total. The predicted octanol–water partition coefficient (Wildman–Crippen LogP) is 1.30. The number of nitrogens with zero attached hydrogens (tertiary/aromatic N) is 3. The van der Waals surface area contributed by atoms with Crippen LogP contribution in [0.5, 0.6) is 0 Å². The molecule has 0 aromatic carbocycles. The zero-order chi connectivity index (χ0) is 13.7. The van der Waals surface area contributed by atoms with Gasteiger partial charge < -0.3 is 14.4 Å². The van der Waals surface area contributed by atoms with E-state index in [0.29, 0.717) is 5.92 Å². The number of rotatable bonds is 6. The maximum Gasteiger partial charge on any atom is 0.196 e. The first-order chi connectivity index (χ1) is 9.19. The largest absolute Gasteiger partial charge is 0.448 e. The molecular weight excluding hydrogens is 242 g/mol. The second kappa shape index (κ2) is 7.03. The highest BCUT2D eigenvalue weighted by molar-refractivity contribution is 4.99. The molecule has 1 aromatic rings. The molecule has 1 N–H and O–H groups in total. The number of hydrogen-bond donors (Lipinski definition) is 1. The number of hydrogen-bond acceptors (Lipinski definition) is 5. The van der Waals surface area contributed by atoms with Crippen molar-refractivity contribution in [2.24, 2.45) is 0 Å². The first kappa shape index (κ1) is 14.5. The molecule has 1 aliphatic rings. The zero-order valence-electron chi connectivity index (χ0n) is 12.0. The van der Waals surface area contributed by atoms with Crippen LogP contribution in [0.15, 0.2) is 10.7 Å². The van der Waals surface area contributed by atoms with Gasteiger partial charge in [0.25, 0.3) is 0 Å². The van der Waals surface area contributed by atoms with Crippen molar-refractivity contribution >= 4 is 0 Å². The molecule has 1 aliphatic heterocycles. The van der Waals surface area contributed by atoms with Gasteiger partial charge in [-0.3, -0.25) is 4.90 Å². The SMILES string of the molecule is CC(C)c1nc(CN2CCN(CCCO)CC2)co1. The van der Waals surface area contributed by atoms with E-state index in [-0.39, 0.29) is 6.61 Å². The van der Waals surface area contributed by atoms with E-state index >= 15 is 0 Å². The van der Waals surface area contributed by atoms with Crippen LogP contribution in [0.3, 0.4) is 0 Å². The topological polar surface area (TPSA) is 52.7 Å². The average Bonchev–Trinajstić information content (AvgIpc) is 2.87. The monoisotopic (exact) mass is 267 g/mol. The van der Waals surface area contributed by atoms with E-state index in [1.165, 1.54) is 0 Å². The fourth-order valence-corrected chi connectivity index (χ4v) is 2.35. The van der Waals surface area contributed by atoms with Crippen LogP contribution in [0.2, 0.25) is 0 Å². The zero-order valence-corrected chi connectivity index (χ0v) is 12.0. The van der Waals surface area contributed by atoms with E-state index in [4.69, 9.17) is 9.52 Å². The Morgan fingerprint density at radius 1 is 1.26 bits per heavy atom. The van der Waals surface area contributed by atoms with Crippen molar-refractivity contribution in [3.8, 4) is 0 Å². The van der Waals surface area contributed by atoms with Gasteiger partial charge in [0.05, 0.1) is 5.69 Å². The van der Waals surface area contributed by atoms with Crippen LogP contribution in [0.25, 0.3) is 0 Å². The van der Waals surface area contributed by atoms with Crippen molar-refractivity contribution in [1.82, 2.24) is 14.8 Å². The van der Waals surface area contributed by atoms with E-state index < -0.39 is 0 Å². The predicted molar refractivity (Wildman–Crippen MR) is 74.0 cm³/mol. The minimum atomic E-state index is 0.289. The van der Waals surface area contributed by atoms with Crippen LogP contribution in [-0.2, 0) is 6.54 Å². The first-order valence-corrected chi connectivity index (χ1v) is 7.19. The fraction of sp³-hybridized carbons (Fsp3) is 0.786. The summed E-state index contributed by atoms with van der Waals surface area (Å²) < 4.78 is 5.47. The second-order valence-electron chi connectivity index (χ2n) is 5.53. The smallest absolute Gasteiger partial charge is 0.196 e. The highest BCUT2D eigenvalue weighted by Crippen LogP contribution is 2.15. The van der Waals surface area contributed by atoms with Gasteiger partial charge in [0.1, 0.15) is 6.26 Å². The van der Waals surface area contributed by atoms with E-state index in [2.05, 4.69) is 28.6 Å². The van der Waals surface area contributed by atoms with Gasteiger partial charge in [0.15, 0.2) is 5.89 Å². The number of oxazole rings is 1. The highest BCUT2D eigenvalue weighted by atomic mass is 16.3. The van der Waals surface area contributed by atoms with E-state index in [9.17, 15) is 0 Å². The van der Waals surface area contributed by atoms with Crippen LogP contribution in [0.4, 0.5) is 0 Å². The van der Waals surface area contributed by atoms with Crippen LogP contribution >= 0.6 is 0 Å². The Labute approximate surface area is 115 Å². The summed E-state index contributed by atoms with van der Waals surface area (Å²) in [7, 11) is 0. The minimum Gasteiger partial charge on any atom is -0.448 e. The van der Waals surface area contributed by atoms with Crippen LogP contribution in [0, 0.1) is 0 Å². The van der Waals surface area contributed by atoms with Gasteiger partial charge in [-0.05, 0) is 6.42 Å². The van der Waals surface area contributed by atoms with Crippen molar-refractivity contribution in [3.05, 3.63) is 17.8 Å². The molecule has 1 saturated heterocycles. The van der Waals surface area contributed by atoms with E-state index in [0.717, 1.165) is 57.3 Å². The van der Waals surface area contributed by atoms with E-state index in [1.54, 1.807) is 6.26 Å². The van der Waals surface area contributed by atoms with Crippen molar-refractivity contribution < 1.29 is 9.52 Å². The fourth-order valence-electron chi connectivity index (χ4n) is 2.35. The van der Waals surface area contributed by atoms with Gasteiger partial charge in [-0.25, -0.2) is 4.98 Å². The summed E-state index contributed by atoms with van der Waals surface area (Å²) in [5, 5.41) is 8.84. The van der Waals surface area contributed by atoms with Crippen molar-refractivity contribution in [2.45, 2.75) is 32.7 Å². The van der Waals surface area contributed by atoms with Crippen molar-refractivity contribution in [2.75, 3.05) is 39.3 Å². The number of aliphatic hydroxyl groups is 1. The van der Waals surface area contributed by atoms with Gasteiger partial charge in [-0.15, -0.1) is 0 Å². The molecule has 5 heteroatoms. The summed E-state index contributed by atoms with van der Waals surface area (Å²) >= 11 is 0. The third-order valence-electron chi connectivity index (χ3n) is 3.55. The quantitative estimate of drug-likeness (QED) is 0.842. The molecule has 0 atom stereocenters. The highest BCUT2D eigenvalue weighted by Gasteiger charge is 2.18. The molecule has 19 heavy (non-hydrogen) atoms. The lowest BCUT2D eigenvalue weighted by atomic mass is 10.2. The standard InChI is InChI=1S/C14H25N3O2/c1-12(2)14-15-13(11-19-14)10-17-7-5-16(6-8-17)4-3-9-18/h11-12,18H,3-10H2,1-2H3. The summed E-state index contributed by atoms with van der Waals surface area (Å²) in [6.45, 7) is 10.6. The molecule has 0 unspecified atom stereocenters. The molecule has 1 fully saturated rings. The lowest BCUT2D eigenvalue weighted by Gasteiger charge is -2.34. The number of aliphatic hydroxyl groups excluding tert-OH is 1. The Kier molecular flexibility index (Phi) is 5.36.